The van der Waals surface area contributed by atoms with E-state index in [1.807, 2.05) is 25.1 Å². The second-order valence-electron chi connectivity index (χ2n) is 6.04. The highest BCUT2D eigenvalue weighted by atomic mass is 79.9. The second kappa shape index (κ2) is 6.24. The Morgan fingerprint density at radius 2 is 2.29 bits per heavy atom. The maximum atomic E-state index is 6.27. The van der Waals surface area contributed by atoms with Crippen LogP contribution in [0.5, 0.6) is 5.75 Å². The number of ether oxygens (including phenoxy) is 3. The summed E-state index contributed by atoms with van der Waals surface area (Å²) in [5, 5.41) is 0. The zero-order chi connectivity index (χ0) is 14.9. The van der Waals surface area contributed by atoms with Crippen molar-refractivity contribution in [2.45, 2.75) is 43.9 Å². The quantitative estimate of drug-likeness (QED) is 0.904. The molecule has 4 nitrogen and oxygen atoms in total. The Kier molecular flexibility index (Phi) is 4.54. The summed E-state index contributed by atoms with van der Waals surface area (Å²) in [5.41, 5.74) is 6.95. The zero-order valence-electron chi connectivity index (χ0n) is 12.3. The van der Waals surface area contributed by atoms with Gasteiger partial charge in [-0.15, -0.1) is 0 Å². The molecule has 2 saturated heterocycles. The standard InChI is InChI=1S/C16H22BrNO3/c1-11(18)14-3-2-12(17)8-15(14)21-13-4-6-20-16(9-13)5-7-19-10-16/h2-3,8,11,13H,4-7,9-10,18H2,1H3/t11-,13?,16?/m1/s1. The Labute approximate surface area is 134 Å². The van der Waals surface area contributed by atoms with Gasteiger partial charge in [0.15, 0.2) is 0 Å². The van der Waals surface area contributed by atoms with Crippen molar-refractivity contribution in [2.75, 3.05) is 19.8 Å². The largest absolute Gasteiger partial charge is 0.490 e. The van der Waals surface area contributed by atoms with E-state index in [0.717, 1.165) is 48.3 Å². The Morgan fingerprint density at radius 3 is 3.00 bits per heavy atom. The molecule has 1 aromatic rings. The molecule has 2 fully saturated rings. The molecule has 0 radical (unpaired) electrons. The molecule has 2 aliphatic rings. The maximum absolute atomic E-state index is 6.27. The van der Waals surface area contributed by atoms with Crippen LogP contribution in [0.2, 0.25) is 0 Å². The molecule has 2 N–H and O–H groups in total. The van der Waals surface area contributed by atoms with Crippen molar-refractivity contribution in [3.05, 3.63) is 28.2 Å². The Hall–Kier alpha value is -0.620. The Balaban J connectivity index is 1.75. The lowest BCUT2D eigenvalue weighted by Crippen LogP contribution is -2.44. The first-order valence-electron chi connectivity index (χ1n) is 7.51. The fourth-order valence-corrected chi connectivity index (χ4v) is 3.45. The van der Waals surface area contributed by atoms with Crippen molar-refractivity contribution >= 4 is 15.9 Å². The van der Waals surface area contributed by atoms with Gasteiger partial charge in [-0.1, -0.05) is 22.0 Å². The molecule has 21 heavy (non-hydrogen) atoms. The van der Waals surface area contributed by atoms with Gasteiger partial charge in [-0.25, -0.2) is 0 Å². The summed E-state index contributed by atoms with van der Waals surface area (Å²) in [6.07, 6.45) is 2.92. The average Bonchev–Trinajstić information content (AvgIpc) is 2.86. The molecule has 5 heteroatoms. The summed E-state index contributed by atoms with van der Waals surface area (Å²) >= 11 is 3.50. The highest BCUT2D eigenvalue weighted by molar-refractivity contribution is 9.10. The molecule has 0 aliphatic carbocycles. The van der Waals surface area contributed by atoms with Crippen LogP contribution in [0.15, 0.2) is 22.7 Å². The zero-order valence-corrected chi connectivity index (χ0v) is 13.9. The van der Waals surface area contributed by atoms with Crippen molar-refractivity contribution in [1.82, 2.24) is 0 Å². The first-order chi connectivity index (χ1) is 10.1. The summed E-state index contributed by atoms with van der Waals surface area (Å²) in [5.74, 6) is 0.875. The molecular formula is C16H22BrNO3. The predicted octanol–water partition coefficient (Wildman–Crippen LogP) is 3.19. The van der Waals surface area contributed by atoms with Crippen LogP contribution in [0.25, 0.3) is 0 Å². The van der Waals surface area contributed by atoms with Gasteiger partial charge < -0.3 is 19.9 Å². The normalized spacial score (nSPS) is 30.5. The molecule has 116 valence electrons. The van der Waals surface area contributed by atoms with Crippen LogP contribution in [0.4, 0.5) is 0 Å². The van der Waals surface area contributed by atoms with Gasteiger partial charge in [0.2, 0.25) is 0 Å². The van der Waals surface area contributed by atoms with Crippen molar-refractivity contribution in [2.24, 2.45) is 5.73 Å². The number of rotatable bonds is 3. The van der Waals surface area contributed by atoms with Gasteiger partial charge in [0.05, 0.1) is 18.8 Å². The summed E-state index contributed by atoms with van der Waals surface area (Å²) in [6, 6.07) is 5.99. The fourth-order valence-electron chi connectivity index (χ4n) is 3.11. The second-order valence-corrected chi connectivity index (χ2v) is 6.95. The smallest absolute Gasteiger partial charge is 0.125 e. The number of hydrogen-bond donors (Lipinski definition) is 1. The van der Waals surface area contributed by atoms with Crippen LogP contribution in [0.3, 0.4) is 0 Å². The average molecular weight is 356 g/mol. The molecular weight excluding hydrogens is 334 g/mol. The molecule has 0 amide bonds. The number of benzene rings is 1. The molecule has 0 aromatic heterocycles. The third kappa shape index (κ3) is 3.42. The predicted molar refractivity (Wildman–Crippen MR) is 84.5 cm³/mol. The highest BCUT2D eigenvalue weighted by Gasteiger charge is 2.42. The van der Waals surface area contributed by atoms with E-state index < -0.39 is 0 Å². The topological polar surface area (TPSA) is 53.7 Å². The summed E-state index contributed by atoms with van der Waals surface area (Å²) in [4.78, 5) is 0. The van der Waals surface area contributed by atoms with Gasteiger partial charge in [0.1, 0.15) is 11.9 Å². The fraction of sp³-hybridized carbons (Fsp3) is 0.625. The highest BCUT2D eigenvalue weighted by Crippen LogP contribution is 2.36. The minimum absolute atomic E-state index is 0.0447. The molecule has 1 aromatic carbocycles. The molecule has 2 aliphatic heterocycles. The van der Waals surface area contributed by atoms with Crippen LogP contribution in [0.1, 0.15) is 37.8 Å². The number of halogens is 1. The lowest BCUT2D eigenvalue weighted by Gasteiger charge is -2.37. The van der Waals surface area contributed by atoms with Gasteiger partial charge in [0.25, 0.3) is 0 Å². The minimum atomic E-state index is -0.135. The van der Waals surface area contributed by atoms with E-state index in [0.29, 0.717) is 6.61 Å². The molecule has 2 heterocycles. The Morgan fingerprint density at radius 1 is 1.43 bits per heavy atom. The van der Waals surface area contributed by atoms with Crippen LogP contribution < -0.4 is 10.5 Å². The third-order valence-corrected chi connectivity index (χ3v) is 4.77. The van der Waals surface area contributed by atoms with Gasteiger partial charge in [0, 0.05) is 41.9 Å². The molecule has 3 atom stereocenters. The number of hydrogen-bond acceptors (Lipinski definition) is 4. The minimum Gasteiger partial charge on any atom is -0.490 e. The SMILES string of the molecule is C[C@@H](N)c1ccc(Br)cc1OC1CCOC2(CCOC2)C1. The van der Waals surface area contributed by atoms with Gasteiger partial charge in [-0.05, 0) is 19.1 Å². The van der Waals surface area contributed by atoms with Gasteiger partial charge >= 0.3 is 0 Å². The van der Waals surface area contributed by atoms with Crippen molar-refractivity contribution in [3.8, 4) is 5.75 Å². The van der Waals surface area contributed by atoms with Crippen molar-refractivity contribution in [3.63, 3.8) is 0 Å². The van der Waals surface area contributed by atoms with Crippen LogP contribution in [-0.2, 0) is 9.47 Å². The molecule has 0 bridgehead atoms. The van der Waals surface area contributed by atoms with Crippen LogP contribution in [0, 0.1) is 0 Å². The lowest BCUT2D eigenvalue weighted by atomic mass is 9.91. The lowest BCUT2D eigenvalue weighted by molar-refractivity contribution is -0.112. The molecule has 2 unspecified atom stereocenters. The first-order valence-corrected chi connectivity index (χ1v) is 8.31. The third-order valence-electron chi connectivity index (χ3n) is 4.27. The summed E-state index contributed by atoms with van der Waals surface area (Å²) in [6.45, 7) is 4.18. The molecule has 0 saturated carbocycles. The van der Waals surface area contributed by atoms with Crippen LogP contribution >= 0.6 is 15.9 Å². The number of nitrogens with two attached hydrogens (primary N) is 1. The summed E-state index contributed by atoms with van der Waals surface area (Å²) < 4.78 is 18.7. The van der Waals surface area contributed by atoms with Crippen molar-refractivity contribution in [1.29, 1.82) is 0 Å². The first kappa shape index (κ1) is 15.3. The Bertz CT molecular complexity index is 500. The van der Waals surface area contributed by atoms with Gasteiger partial charge in [-0.3, -0.25) is 0 Å². The van der Waals surface area contributed by atoms with E-state index in [9.17, 15) is 0 Å². The van der Waals surface area contributed by atoms with E-state index >= 15 is 0 Å². The summed E-state index contributed by atoms with van der Waals surface area (Å²) in [7, 11) is 0. The van der Waals surface area contributed by atoms with E-state index in [1.165, 1.54) is 0 Å². The van der Waals surface area contributed by atoms with Crippen LogP contribution in [-0.4, -0.2) is 31.5 Å². The van der Waals surface area contributed by atoms with E-state index in [-0.39, 0.29) is 17.7 Å². The van der Waals surface area contributed by atoms with E-state index in [2.05, 4.69) is 15.9 Å². The van der Waals surface area contributed by atoms with E-state index in [1.54, 1.807) is 0 Å². The van der Waals surface area contributed by atoms with E-state index in [4.69, 9.17) is 19.9 Å². The van der Waals surface area contributed by atoms with Gasteiger partial charge in [-0.2, -0.15) is 0 Å². The maximum Gasteiger partial charge on any atom is 0.125 e. The monoisotopic (exact) mass is 355 g/mol. The molecule has 3 rings (SSSR count). The van der Waals surface area contributed by atoms with Crippen molar-refractivity contribution < 1.29 is 14.2 Å². The molecule has 1 spiro atoms.